The number of benzene rings is 15. The maximum atomic E-state index is 5.62. The minimum Gasteiger partial charge on any atom is -0.256 e. The third kappa shape index (κ3) is 10.4. The molecule has 0 bridgehead atoms. The van der Waals surface area contributed by atoms with E-state index in [2.05, 4.69) is 348 Å². The lowest BCUT2D eigenvalue weighted by Crippen LogP contribution is -2.41. The fourth-order valence-electron chi connectivity index (χ4n) is 20.0. The Bertz CT molecular complexity index is 6970. The molecule has 4 aliphatic carbocycles. The van der Waals surface area contributed by atoms with Crippen LogP contribution in [0.25, 0.3) is 146 Å². The van der Waals surface area contributed by atoms with E-state index in [0.29, 0.717) is 34.9 Å². The Balaban J connectivity index is 0.659. The molecule has 3 heterocycles. The van der Waals surface area contributed by atoms with E-state index in [-0.39, 0.29) is 10.8 Å². The fourth-order valence-corrected chi connectivity index (χ4v) is 20.0. The molecule has 4 aliphatic rings. The van der Waals surface area contributed by atoms with Gasteiger partial charge in [0.2, 0.25) is 0 Å². The number of aromatic nitrogens is 7. The smallest absolute Gasteiger partial charge is 0.164 e. The van der Waals surface area contributed by atoms with E-state index in [1.54, 1.807) is 0 Å². The van der Waals surface area contributed by atoms with Gasteiger partial charge in [-0.25, -0.2) is 29.9 Å². The number of pyridine rings is 1. The zero-order chi connectivity index (χ0) is 77.4. The van der Waals surface area contributed by atoms with Gasteiger partial charge >= 0.3 is 0 Å². The van der Waals surface area contributed by atoms with Crippen molar-refractivity contribution in [1.82, 2.24) is 34.9 Å². The van der Waals surface area contributed by atoms with Crippen LogP contribution in [0.4, 0.5) is 0 Å². The number of hydrogen-bond acceptors (Lipinski definition) is 7. The van der Waals surface area contributed by atoms with Crippen LogP contribution in [0.15, 0.2) is 382 Å². The molecule has 3 aromatic heterocycles. The van der Waals surface area contributed by atoms with E-state index < -0.39 is 10.8 Å². The highest BCUT2D eigenvalue weighted by Crippen LogP contribution is 2.66. The van der Waals surface area contributed by atoms with Crippen molar-refractivity contribution in [2.45, 2.75) is 49.4 Å². The molecule has 7 heteroatoms. The highest BCUT2D eigenvalue weighted by Gasteiger charge is 2.56. The molecule has 0 fully saturated rings. The summed E-state index contributed by atoms with van der Waals surface area (Å²) in [5.74, 6) is 3.58. The Morgan fingerprint density at radius 2 is 0.560 bits per heavy atom. The van der Waals surface area contributed by atoms with Crippen LogP contribution >= 0.6 is 0 Å². The SMILES string of the molecule is CC1(C)c2ccccc2C2(c3ccccc3-c3c(-c4ccc(-c5nc(-c6ccccc6)nc(-c6cccc(-c7cccc8c7C(C)(C)c7ccccc7C87c8ccccc8-c8ccccc87)c6)n5)c(-c5ccccc5)c4)cccc32)c2ccc(-c3ccc(-c4nc(-c5ccccc5)nc(-c5cccc(-c6ccccn6)c5)n4)cc3)cc21. The first-order valence-corrected chi connectivity index (χ1v) is 40.0. The molecule has 2 spiro atoms. The van der Waals surface area contributed by atoms with Gasteiger partial charge in [0.1, 0.15) is 0 Å². The quantitative estimate of drug-likeness (QED) is 0.127. The van der Waals surface area contributed by atoms with Crippen LogP contribution in [0.5, 0.6) is 0 Å². The predicted molar refractivity (Wildman–Crippen MR) is 470 cm³/mol. The van der Waals surface area contributed by atoms with Crippen LogP contribution < -0.4 is 0 Å². The van der Waals surface area contributed by atoms with Gasteiger partial charge in [0, 0.05) is 56.0 Å². The van der Waals surface area contributed by atoms with Gasteiger partial charge in [0.25, 0.3) is 0 Å². The Morgan fingerprint density at radius 1 is 0.181 bits per heavy atom. The molecule has 0 aliphatic heterocycles. The van der Waals surface area contributed by atoms with Gasteiger partial charge in [-0.05, 0) is 176 Å². The van der Waals surface area contributed by atoms with E-state index in [1.807, 2.05) is 66.9 Å². The topological polar surface area (TPSA) is 90.2 Å². The molecule has 0 saturated carbocycles. The number of rotatable bonds is 11. The minimum atomic E-state index is -0.664. The van der Waals surface area contributed by atoms with E-state index in [1.165, 1.54) is 94.6 Å². The summed E-state index contributed by atoms with van der Waals surface area (Å²) in [6, 6.07) is 137. The van der Waals surface area contributed by atoms with Crippen LogP contribution in [0, 0.1) is 0 Å². The number of fused-ring (bicyclic) bond motifs is 18. The van der Waals surface area contributed by atoms with Crippen LogP contribution in [0.2, 0.25) is 0 Å². The van der Waals surface area contributed by atoms with Crippen molar-refractivity contribution in [3.63, 3.8) is 0 Å². The normalized spacial score (nSPS) is 15.0. The van der Waals surface area contributed by atoms with E-state index in [4.69, 9.17) is 29.9 Å². The van der Waals surface area contributed by atoms with Gasteiger partial charge in [-0.3, -0.25) is 4.98 Å². The van der Waals surface area contributed by atoms with Crippen molar-refractivity contribution < 1.29 is 0 Å². The van der Waals surface area contributed by atoms with Crippen LogP contribution in [0.3, 0.4) is 0 Å². The molecule has 546 valence electrons. The molecular weight excluding hydrogens is 1410 g/mol. The summed E-state index contributed by atoms with van der Waals surface area (Å²) in [4.78, 5) is 36.6. The minimum absolute atomic E-state index is 0.370. The second kappa shape index (κ2) is 26.6. The molecule has 116 heavy (non-hydrogen) atoms. The largest absolute Gasteiger partial charge is 0.256 e. The van der Waals surface area contributed by atoms with Crippen LogP contribution in [0.1, 0.15) is 94.5 Å². The molecule has 0 saturated heterocycles. The van der Waals surface area contributed by atoms with Crippen LogP contribution in [-0.2, 0) is 21.7 Å². The summed E-state index contributed by atoms with van der Waals surface area (Å²) in [6.45, 7) is 9.62. The Labute approximate surface area is 675 Å². The molecule has 1 unspecified atom stereocenters. The molecule has 18 aromatic rings. The first-order chi connectivity index (χ1) is 57.0. The van der Waals surface area contributed by atoms with Crippen molar-refractivity contribution in [3.8, 4) is 146 Å². The lowest BCUT2D eigenvalue weighted by molar-refractivity contribution is 0.563. The summed E-state index contributed by atoms with van der Waals surface area (Å²) in [5, 5.41) is 0. The highest BCUT2D eigenvalue weighted by atomic mass is 15.0. The summed E-state index contributed by atoms with van der Waals surface area (Å²) < 4.78 is 0. The van der Waals surface area contributed by atoms with E-state index >= 15 is 0 Å². The van der Waals surface area contributed by atoms with Crippen molar-refractivity contribution in [2.75, 3.05) is 0 Å². The van der Waals surface area contributed by atoms with Crippen molar-refractivity contribution in [1.29, 1.82) is 0 Å². The average molecular weight is 1480 g/mol. The lowest BCUT2D eigenvalue weighted by Gasteiger charge is -2.47. The predicted octanol–water partition coefficient (Wildman–Crippen LogP) is 25.8. The molecule has 0 N–H and O–H groups in total. The van der Waals surface area contributed by atoms with Gasteiger partial charge in [-0.1, -0.05) is 361 Å². The zero-order valence-electron chi connectivity index (χ0n) is 64.5. The molecular formula is C109H75N7. The summed E-state index contributed by atoms with van der Waals surface area (Å²) in [6.07, 6.45) is 1.82. The lowest BCUT2D eigenvalue weighted by atomic mass is 9.54. The van der Waals surface area contributed by atoms with Gasteiger partial charge in [-0.2, -0.15) is 0 Å². The molecule has 15 aromatic carbocycles. The third-order valence-electron chi connectivity index (χ3n) is 25.2. The van der Waals surface area contributed by atoms with E-state index in [9.17, 15) is 0 Å². The van der Waals surface area contributed by atoms with Crippen molar-refractivity contribution in [3.05, 3.63) is 449 Å². The third-order valence-corrected chi connectivity index (χ3v) is 25.2. The molecule has 0 amide bonds. The summed E-state index contributed by atoms with van der Waals surface area (Å²) in [5.41, 5.74) is 34.8. The van der Waals surface area contributed by atoms with Gasteiger partial charge in [0.05, 0.1) is 16.5 Å². The molecule has 0 radical (unpaired) electrons. The van der Waals surface area contributed by atoms with Crippen molar-refractivity contribution >= 4 is 0 Å². The average Bonchev–Trinajstić information content (AvgIpc) is 1.44. The number of nitrogens with zero attached hydrogens (tertiary/aromatic N) is 7. The molecule has 22 rings (SSSR count). The molecule has 1 atom stereocenters. The van der Waals surface area contributed by atoms with E-state index in [0.717, 1.165) is 83.6 Å². The van der Waals surface area contributed by atoms with Gasteiger partial charge < -0.3 is 0 Å². The first-order valence-electron chi connectivity index (χ1n) is 40.0. The maximum Gasteiger partial charge on any atom is 0.164 e. The summed E-state index contributed by atoms with van der Waals surface area (Å²) >= 11 is 0. The van der Waals surface area contributed by atoms with Gasteiger partial charge in [0.15, 0.2) is 34.9 Å². The maximum absolute atomic E-state index is 5.62. The Hall–Kier alpha value is -14.5. The molecule has 7 nitrogen and oxygen atoms in total. The Kier molecular flexibility index (Phi) is 15.6. The number of hydrogen-bond donors (Lipinski definition) is 0. The Morgan fingerprint density at radius 3 is 1.16 bits per heavy atom. The van der Waals surface area contributed by atoms with Gasteiger partial charge in [-0.15, -0.1) is 0 Å². The second-order valence-corrected chi connectivity index (χ2v) is 32.1. The standard InChI is InChI=1S/C109H75N7/c1-106(2)89-48-20-22-50-91(89)109(93-62-60-73(67-96(93)106)68-55-57-72(58-56-68)102-111-100(70-32-10-6-11-33-70)112-103(114-102)78-39-27-37-76(65-78)97-54-24-25-63-110-97)88-47-19-16-42-84(88)98-79(43-28-52-94(98)109)75-59-61-83(85(66-75)69-30-8-5-9-31-69)105-115-101(71-34-12-7-13-35-71)113-104(116-105)77-38-26-36-74(64-77)80-44-29-53-95-99(80)107(3,4)90-49-21-23-51-92(90)108(95)86-45-17-14-40-81(86)82-41-15-18-46-87(82)108/h5-67H,1-4H3. The van der Waals surface area contributed by atoms with Crippen LogP contribution in [-0.4, -0.2) is 34.9 Å². The zero-order valence-corrected chi connectivity index (χ0v) is 64.5. The van der Waals surface area contributed by atoms with Crippen molar-refractivity contribution in [2.24, 2.45) is 0 Å². The fraction of sp³-hybridized carbons (Fsp3) is 0.0734. The first kappa shape index (κ1) is 68.3. The monoisotopic (exact) mass is 1480 g/mol. The summed E-state index contributed by atoms with van der Waals surface area (Å²) in [7, 11) is 0. The second-order valence-electron chi connectivity index (χ2n) is 32.1. The highest BCUT2D eigenvalue weighted by molar-refractivity contribution is 5.99.